The molecule has 1 aliphatic heterocycles. The first-order chi connectivity index (χ1) is 16.9. The third kappa shape index (κ3) is 5.15. The number of nitrogens with zero attached hydrogens (tertiary/aromatic N) is 1. The number of hydrogen-bond acceptors (Lipinski definition) is 4. The molecule has 202 valence electrons. The Morgan fingerprint density at radius 1 is 0.973 bits per heavy atom. The fourth-order valence-corrected chi connectivity index (χ4v) is 5.00. The molecule has 0 aliphatic carbocycles. The summed E-state index contributed by atoms with van der Waals surface area (Å²) in [6.45, 7) is 2.71. The van der Waals surface area contributed by atoms with Crippen LogP contribution >= 0.6 is 0 Å². The lowest BCUT2D eigenvalue weighted by Crippen LogP contribution is -2.50. The van der Waals surface area contributed by atoms with Crippen molar-refractivity contribution in [1.82, 2.24) is 4.90 Å². The number of sulfone groups is 1. The van der Waals surface area contributed by atoms with E-state index in [4.69, 9.17) is 0 Å². The smallest absolute Gasteiger partial charge is 0.326 e. The van der Waals surface area contributed by atoms with Gasteiger partial charge in [-0.1, -0.05) is 25.1 Å². The Hall–Kier alpha value is -3.16. The molecule has 2 aromatic carbocycles. The van der Waals surface area contributed by atoms with E-state index in [1.54, 1.807) is 0 Å². The van der Waals surface area contributed by atoms with Crippen LogP contribution in [0.5, 0.6) is 0 Å². The van der Waals surface area contributed by atoms with E-state index in [-0.39, 0.29) is 41.4 Å². The van der Waals surface area contributed by atoms with Crippen LogP contribution in [-0.2, 0) is 31.5 Å². The molecule has 0 saturated heterocycles. The largest absolute Gasteiger partial charge is 0.435 e. The van der Waals surface area contributed by atoms with Crippen LogP contribution in [0.1, 0.15) is 36.6 Å². The summed E-state index contributed by atoms with van der Waals surface area (Å²) in [6.07, 6.45) is -12.3. The molecule has 1 atom stereocenters. The molecule has 3 rings (SSSR count). The summed E-state index contributed by atoms with van der Waals surface area (Å²) in [5, 5.41) is 2.31. The molecule has 37 heavy (non-hydrogen) atoms. The SMILES string of the molecule is CCS(=O)(=O)c1ccc2c(c1)CCN(C(C)=O)[C@H]2C(=O)Nc1ccc(C(F)(C(F)(F)F)C(F)(F)F)cc1. The number of halogens is 7. The number of carbonyl (C=O) groups is 2. The number of carbonyl (C=O) groups excluding carboxylic acids is 2. The van der Waals surface area contributed by atoms with Crippen LogP contribution in [0.4, 0.5) is 36.4 Å². The zero-order valence-corrected chi connectivity index (χ0v) is 20.2. The molecule has 1 N–H and O–H groups in total. The number of hydrogen-bond donors (Lipinski definition) is 1. The molecule has 1 aliphatic rings. The number of anilines is 1. The molecule has 0 saturated carbocycles. The number of fused-ring (bicyclic) bond motifs is 1. The molecule has 0 aromatic heterocycles. The quantitative estimate of drug-likeness (QED) is 0.536. The maximum atomic E-state index is 14.2. The summed E-state index contributed by atoms with van der Waals surface area (Å²) in [5.41, 5.74) is -6.79. The van der Waals surface area contributed by atoms with Crippen LogP contribution in [-0.4, -0.2) is 49.8 Å². The van der Waals surface area contributed by atoms with E-state index in [2.05, 4.69) is 5.32 Å². The highest BCUT2D eigenvalue weighted by molar-refractivity contribution is 7.91. The first-order valence-corrected chi connectivity index (χ1v) is 12.5. The van der Waals surface area contributed by atoms with Crippen LogP contribution in [0.2, 0.25) is 0 Å². The standard InChI is InChI=1S/C23H21F7N2O4S/c1-3-37(35,36)17-8-9-18-14(12-17)10-11-32(13(2)33)19(18)20(34)31-16-6-4-15(5-7-16)21(24,22(25,26)27)23(28,29)30/h4-9,12,19H,3,10-11H2,1-2H3,(H,31,34)/t19-/m1/s1. The van der Waals surface area contributed by atoms with E-state index in [9.17, 15) is 48.7 Å². The van der Waals surface area contributed by atoms with Crippen LogP contribution in [0.15, 0.2) is 47.4 Å². The van der Waals surface area contributed by atoms with Gasteiger partial charge in [-0.25, -0.2) is 12.8 Å². The van der Waals surface area contributed by atoms with E-state index < -0.39 is 51.3 Å². The van der Waals surface area contributed by atoms with Gasteiger partial charge in [-0.05, 0) is 41.8 Å². The second-order valence-electron chi connectivity index (χ2n) is 8.35. The molecule has 0 unspecified atom stereocenters. The van der Waals surface area contributed by atoms with Gasteiger partial charge in [0, 0.05) is 24.7 Å². The van der Waals surface area contributed by atoms with Gasteiger partial charge >= 0.3 is 18.0 Å². The van der Waals surface area contributed by atoms with E-state index in [0.29, 0.717) is 23.3 Å². The zero-order valence-electron chi connectivity index (χ0n) is 19.4. The van der Waals surface area contributed by atoms with Gasteiger partial charge < -0.3 is 10.2 Å². The third-order valence-electron chi connectivity index (χ3n) is 6.07. The molecule has 0 bridgehead atoms. The maximum Gasteiger partial charge on any atom is 0.435 e. The zero-order chi connectivity index (χ0) is 28.0. The van der Waals surface area contributed by atoms with Crippen molar-refractivity contribution in [1.29, 1.82) is 0 Å². The number of nitrogens with one attached hydrogen (secondary N) is 1. The summed E-state index contributed by atoms with van der Waals surface area (Å²) < 4.78 is 117. The molecule has 2 amide bonds. The Kier molecular flexibility index (Phi) is 7.38. The van der Waals surface area contributed by atoms with Crippen molar-refractivity contribution in [3.63, 3.8) is 0 Å². The van der Waals surface area contributed by atoms with E-state index in [1.807, 2.05) is 0 Å². The molecule has 1 heterocycles. The summed E-state index contributed by atoms with van der Waals surface area (Å²) in [4.78, 5) is 26.5. The van der Waals surface area contributed by atoms with Crippen LogP contribution in [0, 0.1) is 0 Å². The lowest BCUT2D eigenvalue weighted by atomic mass is 9.91. The summed E-state index contributed by atoms with van der Waals surface area (Å²) in [6, 6.07) is 4.68. The first kappa shape index (κ1) is 28.4. The molecule has 14 heteroatoms. The fraction of sp³-hybridized carbons (Fsp3) is 0.391. The Labute approximate surface area is 207 Å². The summed E-state index contributed by atoms with van der Waals surface area (Å²) in [7, 11) is -3.56. The minimum atomic E-state index is -6.28. The molecular weight excluding hydrogens is 533 g/mol. The van der Waals surface area contributed by atoms with Gasteiger partial charge in [0.2, 0.25) is 5.91 Å². The van der Waals surface area contributed by atoms with Gasteiger partial charge in [-0.2, -0.15) is 26.3 Å². The maximum absolute atomic E-state index is 14.2. The van der Waals surface area contributed by atoms with Gasteiger partial charge in [-0.15, -0.1) is 0 Å². The van der Waals surface area contributed by atoms with Gasteiger partial charge in [0.25, 0.3) is 5.91 Å². The van der Waals surface area contributed by atoms with E-state index in [1.165, 1.54) is 36.9 Å². The van der Waals surface area contributed by atoms with Gasteiger partial charge in [-0.3, -0.25) is 9.59 Å². The van der Waals surface area contributed by atoms with Gasteiger partial charge in [0.1, 0.15) is 6.04 Å². The van der Waals surface area contributed by atoms with Gasteiger partial charge in [0.15, 0.2) is 9.84 Å². The predicted molar refractivity (Wildman–Crippen MR) is 118 cm³/mol. The highest BCUT2D eigenvalue weighted by Crippen LogP contribution is 2.53. The van der Waals surface area contributed by atoms with Crippen molar-refractivity contribution in [2.45, 2.75) is 49.2 Å². The molecule has 0 fully saturated rings. The van der Waals surface area contributed by atoms with Crippen molar-refractivity contribution in [2.75, 3.05) is 17.6 Å². The lowest BCUT2D eigenvalue weighted by Gasteiger charge is -2.36. The molecule has 0 radical (unpaired) electrons. The third-order valence-corrected chi connectivity index (χ3v) is 7.80. The molecule has 6 nitrogen and oxygen atoms in total. The second-order valence-corrected chi connectivity index (χ2v) is 10.6. The van der Waals surface area contributed by atoms with Crippen molar-refractivity contribution >= 4 is 27.3 Å². The van der Waals surface area contributed by atoms with Crippen molar-refractivity contribution in [3.05, 3.63) is 59.2 Å². The van der Waals surface area contributed by atoms with Crippen molar-refractivity contribution < 1.29 is 48.7 Å². The van der Waals surface area contributed by atoms with E-state index >= 15 is 0 Å². The number of rotatable bonds is 5. The number of benzene rings is 2. The fourth-order valence-electron chi connectivity index (χ4n) is 4.07. The average Bonchev–Trinajstić information content (AvgIpc) is 2.81. The first-order valence-electron chi connectivity index (χ1n) is 10.8. The average molecular weight is 554 g/mol. The lowest BCUT2D eigenvalue weighted by molar-refractivity contribution is -0.348. The Morgan fingerprint density at radius 3 is 2.03 bits per heavy atom. The monoisotopic (exact) mass is 554 g/mol. The van der Waals surface area contributed by atoms with Crippen LogP contribution in [0.25, 0.3) is 0 Å². The predicted octanol–water partition coefficient (Wildman–Crippen LogP) is 4.85. The summed E-state index contributed by atoms with van der Waals surface area (Å²) in [5.74, 6) is -1.51. The van der Waals surface area contributed by atoms with E-state index in [0.717, 1.165) is 0 Å². The van der Waals surface area contributed by atoms with Gasteiger partial charge in [0.05, 0.1) is 10.6 Å². The molecule has 0 spiro atoms. The van der Waals surface area contributed by atoms with Crippen molar-refractivity contribution in [2.24, 2.45) is 0 Å². The Bertz CT molecular complexity index is 1290. The minimum absolute atomic E-state index is 0.0313. The van der Waals surface area contributed by atoms with Crippen molar-refractivity contribution in [3.8, 4) is 0 Å². The highest BCUT2D eigenvalue weighted by Gasteiger charge is 2.73. The minimum Gasteiger partial charge on any atom is -0.326 e. The van der Waals surface area contributed by atoms with Crippen LogP contribution in [0.3, 0.4) is 0 Å². The second kappa shape index (κ2) is 9.62. The Morgan fingerprint density at radius 2 is 1.54 bits per heavy atom. The highest BCUT2D eigenvalue weighted by atomic mass is 32.2. The summed E-state index contributed by atoms with van der Waals surface area (Å²) >= 11 is 0. The topological polar surface area (TPSA) is 83.6 Å². The Balaban J connectivity index is 1.95. The van der Waals surface area contributed by atoms with Crippen LogP contribution < -0.4 is 5.32 Å². The number of amides is 2. The molecular formula is C23H21F7N2O4S. The molecule has 2 aromatic rings. The normalized spacial score (nSPS) is 16.8. The number of alkyl halides is 7.